The fraction of sp³-hybridized carbons (Fsp3) is 0.333. The predicted molar refractivity (Wildman–Crippen MR) is 114 cm³/mol. The summed E-state index contributed by atoms with van der Waals surface area (Å²) in [6.45, 7) is 7.05. The standard InChI is InChI=1S/C21H24F3N3O3S/c1-5-7-17-18(10-11-19(25-17)21(22,23)24)27(20(28)6-2)13-15-8-9-16(14(3)12-15)26-31(4,29)30/h6,8-12,26H,2,5,7,13H2,1,3-4H3. The molecular formula is C21H24F3N3O3S. The number of amides is 1. The second-order valence-corrected chi connectivity index (χ2v) is 8.81. The lowest BCUT2D eigenvalue weighted by Gasteiger charge is -2.25. The van der Waals surface area contributed by atoms with Gasteiger partial charge in [-0.05, 0) is 48.7 Å². The summed E-state index contributed by atoms with van der Waals surface area (Å²) in [6.07, 6.45) is -1.66. The lowest BCUT2D eigenvalue weighted by atomic mass is 10.1. The Bertz CT molecular complexity index is 1080. The second kappa shape index (κ2) is 9.51. The van der Waals surface area contributed by atoms with E-state index in [0.717, 1.165) is 18.4 Å². The van der Waals surface area contributed by atoms with Gasteiger partial charge in [-0.15, -0.1) is 0 Å². The van der Waals surface area contributed by atoms with E-state index in [1.807, 2.05) is 6.92 Å². The van der Waals surface area contributed by atoms with Crippen LogP contribution in [0.3, 0.4) is 0 Å². The van der Waals surface area contributed by atoms with Crippen LogP contribution in [0.2, 0.25) is 0 Å². The maximum absolute atomic E-state index is 13.1. The zero-order chi connectivity index (χ0) is 23.4. The van der Waals surface area contributed by atoms with E-state index in [9.17, 15) is 26.4 Å². The van der Waals surface area contributed by atoms with E-state index < -0.39 is 27.8 Å². The number of pyridine rings is 1. The Balaban J connectivity index is 2.47. The molecule has 1 N–H and O–H groups in total. The van der Waals surface area contributed by atoms with Crippen LogP contribution in [0.4, 0.5) is 24.5 Å². The number of hydrogen-bond donors (Lipinski definition) is 1. The summed E-state index contributed by atoms with van der Waals surface area (Å²) in [5.41, 5.74) is 1.12. The quantitative estimate of drug-likeness (QED) is 0.597. The summed E-state index contributed by atoms with van der Waals surface area (Å²) < 4.78 is 64.6. The van der Waals surface area contributed by atoms with Gasteiger partial charge in [-0.25, -0.2) is 13.4 Å². The molecule has 1 heterocycles. The van der Waals surface area contributed by atoms with E-state index in [1.54, 1.807) is 25.1 Å². The summed E-state index contributed by atoms with van der Waals surface area (Å²) in [4.78, 5) is 17.6. The molecule has 10 heteroatoms. The molecule has 1 amide bonds. The molecule has 0 aliphatic rings. The van der Waals surface area contributed by atoms with Crippen molar-refractivity contribution >= 4 is 27.3 Å². The summed E-state index contributed by atoms with van der Waals surface area (Å²) >= 11 is 0. The zero-order valence-electron chi connectivity index (χ0n) is 17.5. The van der Waals surface area contributed by atoms with Gasteiger partial charge < -0.3 is 4.90 Å². The topological polar surface area (TPSA) is 79.4 Å². The molecule has 0 spiro atoms. The van der Waals surface area contributed by atoms with Crippen LogP contribution in [-0.4, -0.2) is 25.6 Å². The minimum absolute atomic E-state index is 0.0502. The molecule has 6 nitrogen and oxygen atoms in total. The van der Waals surface area contributed by atoms with Crippen molar-refractivity contribution in [1.82, 2.24) is 4.98 Å². The number of anilines is 2. The zero-order valence-corrected chi connectivity index (χ0v) is 18.3. The number of aromatic nitrogens is 1. The van der Waals surface area contributed by atoms with Gasteiger partial charge in [0.25, 0.3) is 5.91 Å². The average Bonchev–Trinajstić information content (AvgIpc) is 2.66. The largest absolute Gasteiger partial charge is 0.433 e. The molecule has 0 unspecified atom stereocenters. The number of benzene rings is 1. The molecule has 0 aliphatic carbocycles. The van der Waals surface area contributed by atoms with Gasteiger partial charge in [0.1, 0.15) is 5.69 Å². The number of sulfonamides is 1. The summed E-state index contributed by atoms with van der Waals surface area (Å²) in [5.74, 6) is -0.491. The number of aryl methyl sites for hydroxylation is 2. The van der Waals surface area contributed by atoms with E-state index in [1.165, 1.54) is 11.0 Å². The molecule has 0 aliphatic heterocycles. The van der Waals surface area contributed by atoms with Crippen LogP contribution in [0, 0.1) is 6.92 Å². The highest BCUT2D eigenvalue weighted by molar-refractivity contribution is 7.92. The Morgan fingerprint density at radius 1 is 1.26 bits per heavy atom. The Kier molecular flexibility index (Phi) is 7.48. The van der Waals surface area contributed by atoms with Crippen molar-refractivity contribution < 1.29 is 26.4 Å². The number of nitrogens with one attached hydrogen (secondary N) is 1. The molecule has 0 saturated carbocycles. The third-order valence-corrected chi connectivity index (χ3v) is 4.98. The maximum Gasteiger partial charge on any atom is 0.433 e. The van der Waals surface area contributed by atoms with Crippen LogP contribution < -0.4 is 9.62 Å². The van der Waals surface area contributed by atoms with E-state index >= 15 is 0 Å². The van der Waals surface area contributed by atoms with Crippen molar-refractivity contribution in [3.05, 3.63) is 65.5 Å². The van der Waals surface area contributed by atoms with Crippen molar-refractivity contribution in [3.63, 3.8) is 0 Å². The van der Waals surface area contributed by atoms with Gasteiger partial charge in [-0.1, -0.05) is 32.1 Å². The molecule has 0 fully saturated rings. The lowest BCUT2D eigenvalue weighted by Crippen LogP contribution is -2.30. The minimum atomic E-state index is -4.59. The number of nitrogens with zero attached hydrogens (tertiary/aromatic N) is 2. The molecule has 0 atom stereocenters. The van der Waals surface area contributed by atoms with Crippen molar-refractivity contribution in [2.24, 2.45) is 0 Å². The maximum atomic E-state index is 13.1. The number of hydrogen-bond acceptors (Lipinski definition) is 4. The second-order valence-electron chi connectivity index (χ2n) is 7.06. The summed E-state index contributed by atoms with van der Waals surface area (Å²) in [6, 6.07) is 7.01. The van der Waals surface area contributed by atoms with Crippen LogP contribution in [0.25, 0.3) is 0 Å². The SMILES string of the molecule is C=CC(=O)N(Cc1ccc(NS(C)(=O)=O)c(C)c1)c1ccc(C(F)(F)F)nc1CCC. The van der Waals surface area contributed by atoms with Crippen molar-refractivity contribution in [1.29, 1.82) is 0 Å². The number of halogens is 3. The number of carbonyl (C=O) groups is 1. The van der Waals surface area contributed by atoms with Crippen LogP contribution in [0.1, 0.15) is 35.9 Å². The van der Waals surface area contributed by atoms with Crippen LogP contribution in [0.5, 0.6) is 0 Å². The molecule has 0 saturated heterocycles. The van der Waals surface area contributed by atoms with Gasteiger partial charge in [-0.2, -0.15) is 13.2 Å². The van der Waals surface area contributed by atoms with Crippen molar-refractivity contribution in [2.45, 2.75) is 39.4 Å². The fourth-order valence-electron chi connectivity index (χ4n) is 3.03. The van der Waals surface area contributed by atoms with Gasteiger partial charge in [0.15, 0.2) is 0 Å². The number of carbonyl (C=O) groups excluding carboxylic acids is 1. The first kappa shape index (κ1) is 24.4. The van der Waals surface area contributed by atoms with Crippen LogP contribution in [-0.2, 0) is 34.0 Å². The molecule has 0 radical (unpaired) electrons. The molecule has 0 bridgehead atoms. The summed E-state index contributed by atoms with van der Waals surface area (Å²) in [7, 11) is -3.45. The Labute approximate surface area is 179 Å². The molecule has 2 aromatic rings. The average molecular weight is 456 g/mol. The molecule has 2 rings (SSSR count). The predicted octanol–water partition coefficient (Wildman–Crippen LogP) is 4.45. The Morgan fingerprint density at radius 3 is 2.45 bits per heavy atom. The monoisotopic (exact) mass is 455 g/mol. The first-order valence-corrected chi connectivity index (χ1v) is 11.3. The fourth-order valence-corrected chi connectivity index (χ4v) is 3.66. The van der Waals surface area contributed by atoms with E-state index in [4.69, 9.17) is 0 Å². The highest BCUT2D eigenvalue weighted by Crippen LogP contribution is 2.32. The Morgan fingerprint density at radius 2 is 1.94 bits per heavy atom. The van der Waals surface area contributed by atoms with E-state index in [2.05, 4.69) is 16.3 Å². The third kappa shape index (κ3) is 6.55. The van der Waals surface area contributed by atoms with Gasteiger partial charge >= 0.3 is 6.18 Å². The van der Waals surface area contributed by atoms with E-state index in [0.29, 0.717) is 23.2 Å². The Hall–Kier alpha value is -2.88. The molecular weight excluding hydrogens is 431 g/mol. The molecule has 1 aromatic heterocycles. The normalized spacial score (nSPS) is 11.8. The first-order valence-electron chi connectivity index (χ1n) is 9.44. The van der Waals surface area contributed by atoms with Gasteiger partial charge in [-0.3, -0.25) is 9.52 Å². The highest BCUT2D eigenvalue weighted by Gasteiger charge is 2.33. The molecule has 168 valence electrons. The van der Waals surface area contributed by atoms with Crippen LogP contribution in [0.15, 0.2) is 43.0 Å². The van der Waals surface area contributed by atoms with Gasteiger partial charge in [0.05, 0.1) is 29.9 Å². The number of rotatable bonds is 8. The highest BCUT2D eigenvalue weighted by atomic mass is 32.2. The summed E-state index contributed by atoms with van der Waals surface area (Å²) in [5, 5.41) is 0. The smallest absolute Gasteiger partial charge is 0.303 e. The molecule has 31 heavy (non-hydrogen) atoms. The molecule has 1 aromatic carbocycles. The van der Waals surface area contributed by atoms with Gasteiger partial charge in [0.2, 0.25) is 10.0 Å². The van der Waals surface area contributed by atoms with Crippen molar-refractivity contribution in [2.75, 3.05) is 15.9 Å². The minimum Gasteiger partial charge on any atom is -0.303 e. The third-order valence-electron chi connectivity index (χ3n) is 4.39. The van der Waals surface area contributed by atoms with E-state index in [-0.39, 0.29) is 24.3 Å². The van der Waals surface area contributed by atoms with Crippen LogP contribution >= 0.6 is 0 Å². The lowest BCUT2D eigenvalue weighted by molar-refractivity contribution is -0.141. The van der Waals surface area contributed by atoms with Crippen molar-refractivity contribution in [3.8, 4) is 0 Å². The first-order chi connectivity index (χ1) is 14.4. The van der Waals surface area contributed by atoms with Gasteiger partial charge in [0, 0.05) is 0 Å². The number of alkyl halides is 3.